The number of hydrogen-bond donors (Lipinski definition) is 1. The number of esters is 1. The van der Waals surface area contributed by atoms with Crippen LogP contribution in [-0.4, -0.2) is 33.6 Å². The smallest absolute Gasteiger partial charge is 0.337 e. The number of anilines is 1. The first-order valence-corrected chi connectivity index (χ1v) is 14.0. The van der Waals surface area contributed by atoms with Crippen LogP contribution in [0.1, 0.15) is 37.4 Å². The highest BCUT2D eigenvalue weighted by Crippen LogP contribution is 2.30. The van der Waals surface area contributed by atoms with Gasteiger partial charge >= 0.3 is 5.97 Å². The number of nitrogens with one attached hydrogen (secondary N) is 1. The van der Waals surface area contributed by atoms with E-state index in [0.717, 1.165) is 5.56 Å². The molecule has 0 aliphatic heterocycles. The van der Waals surface area contributed by atoms with Gasteiger partial charge < -0.3 is 4.74 Å². The Balaban J connectivity index is 1.65. The Morgan fingerprint density at radius 1 is 0.925 bits per heavy atom. The summed E-state index contributed by atoms with van der Waals surface area (Å²) in [5, 5.41) is 4.54. The second-order valence-electron chi connectivity index (χ2n) is 8.78. The van der Waals surface area contributed by atoms with Crippen molar-refractivity contribution in [3.05, 3.63) is 130 Å². The molecule has 0 saturated carbocycles. The Morgan fingerprint density at radius 2 is 1.57 bits per heavy atom. The van der Waals surface area contributed by atoms with Crippen molar-refractivity contribution < 1.29 is 22.7 Å². The van der Waals surface area contributed by atoms with Crippen LogP contribution in [0, 0.1) is 6.92 Å². The van der Waals surface area contributed by atoms with Crippen molar-refractivity contribution in [2.45, 2.75) is 18.4 Å². The molecule has 0 radical (unpaired) electrons. The van der Waals surface area contributed by atoms with Gasteiger partial charge in [0.1, 0.15) is 0 Å². The second-order valence-corrected chi connectivity index (χ2v) is 11.1. The lowest BCUT2D eigenvalue weighted by Gasteiger charge is -2.26. The van der Waals surface area contributed by atoms with Gasteiger partial charge in [-0.25, -0.2) is 18.6 Å². The standard InChI is InChI=1S/C30H26ClN3O5S/c1-21-7-17-26(18-8-21)40(37,38)34(20-23-11-15-25(31)16-12-23)28-6-4-3-5-27(28)29(35)33-32-19-22-9-13-24(14-10-22)30(36)39-2/h3-19H,20H2,1-2H3,(H,33,35)/b32-19+. The molecule has 0 atom stereocenters. The zero-order valence-corrected chi connectivity index (χ0v) is 23.3. The maximum atomic E-state index is 13.9. The molecule has 0 spiro atoms. The first-order valence-electron chi connectivity index (χ1n) is 12.1. The van der Waals surface area contributed by atoms with E-state index in [1.165, 1.54) is 35.8 Å². The fourth-order valence-corrected chi connectivity index (χ4v) is 5.42. The lowest BCUT2D eigenvalue weighted by atomic mass is 10.1. The minimum absolute atomic E-state index is 0.0342. The third-order valence-corrected chi connectivity index (χ3v) is 8.00. The summed E-state index contributed by atoms with van der Waals surface area (Å²) in [5.41, 5.74) is 5.38. The van der Waals surface area contributed by atoms with Crippen molar-refractivity contribution in [3.63, 3.8) is 0 Å². The van der Waals surface area contributed by atoms with Gasteiger partial charge in [-0.3, -0.25) is 9.10 Å². The van der Waals surface area contributed by atoms with E-state index in [0.29, 0.717) is 21.7 Å². The molecule has 0 unspecified atom stereocenters. The van der Waals surface area contributed by atoms with Crippen LogP contribution in [0.15, 0.2) is 107 Å². The number of rotatable bonds is 9. The summed E-state index contributed by atoms with van der Waals surface area (Å²) >= 11 is 6.03. The maximum Gasteiger partial charge on any atom is 0.337 e. The second kappa shape index (κ2) is 12.6. The fourth-order valence-electron chi connectivity index (χ4n) is 3.82. The number of carbonyl (C=O) groups is 2. The SMILES string of the molecule is COC(=O)c1ccc(/C=N/NC(=O)c2ccccc2N(Cc2ccc(Cl)cc2)S(=O)(=O)c2ccc(C)cc2)cc1. The quantitative estimate of drug-likeness (QED) is 0.159. The number of aryl methyl sites for hydroxylation is 1. The minimum Gasteiger partial charge on any atom is -0.465 e. The number of halogens is 1. The highest BCUT2D eigenvalue weighted by molar-refractivity contribution is 7.92. The number of benzene rings is 4. The Bertz CT molecular complexity index is 1640. The van der Waals surface area contributed by atoms with Crippen LogP contribution >= 0.6 is 11.6 Å². The molecule has 0 aromatic heterocycles. The summed E-state index contributed by atoms with van der Waals surface area (Å²) in [6.07, 6.45) is 1.41. The average Bonchev–Trinajstić information content (AvgIpc) is 2.97. The molecule has 0 aliphatic carbocycles. The number of ether oxygens (including phenoxy) is 1. The zero-order chi connectivity index (χ0) is 28.7. The lowest BCUT2D eigenvalue weighted by Crippen LogP contribution is -2.33. The lowest BCUT2D eigenvalue weighted by molar-refractivity contribution is 0.0600. The van der Waals surface area contributed by atoms with Gasteiger partial charge in [0.25, 0.3) is 15.9 Å². The molecule has 4 rings (SSSR count). The van der Waals surface area contributed by atoms with E-state index in [4.69, 9.17) is 11.6 Å². The van der Waals surface area contributed by atoms with Crippen molar-refractivity contribution in [2.24, 2.45) is 5.10 Å². The summed E-state index contributed by atoms with van der Waals surface area (Å²) in [4.78, 5) is 24.9. The molecule has 1 amide bonds. The van der Waals surface area contributed by atoms with Crippen LogP contribution < -0.4 is 9.73 Å². The Hall–Kier alpha value is -4.47. The normalized spacial score (nSPS) is 11.3. The van der Waals surface area contributed by atoms with Crippen LogP contribution in [0.3, 0.4) is 0 Å². The van der Waals surface area contributed by atoms with Crippen molar-refractivity contribution in [2.75, 3.05) is 11.4 Å². The molecular weight excluding hydrogens is 550 g/mol. The highest BCUT2D eigenvalue weighted by Gasteiger charge is 2.28. The molecule has 1 N–H and O–H groups in total. The fraction of sp³-hybridized carbons (Fsp3) is 0.100. The monoisotopic (exact) mass is 575 g/mol. The number of nitrogens with zero attached hydrogens (tertiary/aromatic N) is 2. The molecule has 0 bridgehead atoms. The molecule has 10 heteroatoms. The Morgan fingerprint density at radius 3 is 2.23 bits per heavy atom. The van der Waals surface area contributed by atoms with Crippen LogP contribution in [0.2, 0.25) is 5.02 Å². The van der Waals surface area contributed by atoms with Gasteiger partial charge in [-0.2, -0.15) is 5.10 Å². The van der Waals surface area contributed by atoms with E-state index in [-0.39, 0.29) is 22.7 Å². The first-order chi connectivity index (χ1) is 19.2. The van der Waals surface area contributed by atoms with Gasteiger partial charge in [0.2, 0.25) is 0 Å². The molecule has 0 fully saturated rings. The number of methoxy groups -OCH3 is 1. The predicted octanol–water partition coefficient (Wildman–Crippen LogP) is 5.59. The number of amides is 1. The number of sulfonamides is 1. The van der Waals surface area contributed by atoms with Crippen molar-refractivity contribution >= 4 is 45.4 Å². The molecule has 0 saturated heterocycles. The van der Waals surface area contributed by atoms with Crippen molar-refractivity contribution in [3.8, 4) is 0 Å². The van der Waals surface area contributed by atoms with Gasteiger partial charge in [0.15, 0.2) is 0 Å². The van der Waals surface area contributed by atoms with Crippen LogP contribution in [0.25, 0.3) is 0 Å². The van der Waals surface area contributed by atoms with Crippen molar-refractivity contribution in [1.29, 1.82) is 0 Å². The van der Waals surface area contributed by atoms with Crippen LogP contribution in [0.5, 0.6) is 0 Å². The zero-order valence-electron chi connectivity index (χ0n) is 21.7. The molecule has 0 aliphatic rings. The molecule has 204 valence electrons. The van der Waals surface area contributed by atoms with E-state index in [1.54, 1.807) is 78.9 Å². The van der Waals surface area contributed by atoms with E-state index >= 15 is 0 Å². The molecule has 40 heavy (non-hydrogen) atoms. The van der Waals surface area contributed by atoms with Gasteiger partial charge in [-0.1, -0.05) is 65.7 Å². The van der Waals surface area contributed by atoms with E-state index < -0.39 is 21.9 Å². The van der Waals surface area contributed by atoms with Gasteiger partial charge in [0, 0.05) is 5.02 Å². The summed E-state index contributed by atoms with van der Waals surface area (Å²) in [6, 6.07) is 26.2. The third-order valence-electron chi connectivity index (χ3n) is 5.98. The Labute approximate surface area is 237 Å². The number of hydrazone groups is 1. The molecule has 4 aromatic carbocycles. The number of para-hydroxylation sites is 1. The summed E-state index contributed by atoms with van der Waals surface area (Å²) in [6.45, 7) is 1.84. The van der Waals surface area contributed by atoms with E-state index in [9.17, 15) is 18.0 Å². The van der Waals surface area contributed by atoms with Crippen LogP contribution in [-0.2, 0) is 21.3 Å². The van der Waals surface area contributed by atoms with Gasteiger partial charge in [0.05, 0.1) is 41.6 Å². The maximum absolute atomic E-state index is 13.9. The topological polar surface area (TPSA) is 105 Å². The van der Waals surface area contributed by atoms with Crippen LogP contribution in [0.4, 0.5) is 5.69 Å². The largest absolute Gasteiger partial charge is 0.465 e. The highest BCUT2D eigenvalue weighted by atomic mass is 35.5. The molecule has 8 nitrogen and oxygen atoms in total. The summed E-state index contributed by atoms with van der Waals surface area (Å²) in [7, 11) is -2.77. The van der Waals surface area contributed by atoms with Gasteiger partial charge in [-0.05, 0) is 66.6 Å². The van der Waals surface area contributed by atoms with E-state index in [2.05, 4.69) is 15.3 Å². The summed E-state index contributed by atoms with van der Waals surface area (Å²) in [5.74, 6) is -1.06. The molecule has 0 heterocycles. The first kappa shape index (κ1) is 28.5. The number of hydrogen-bond acceptors (Lipinski definition) is 6. The van der Waals surface area contributed by atoms with Crippen molar-refractivity contribution in [1.82, 2.24) is 5.43 Å². The molecule has 4 aromatic rings. The summed E-state index contributed by atoms with van der Waals surface area (Å²) < 4.78 is 33.7. The average molecular weight is 576 g/mol. The van der Waals surface area contributed by atoms with E-state index in [1.807, 2.05) is 6.92 Å². The third kappa shape index (κ3) is 6.74. The van der Waals surface area contributed by atoms with Gasteiger partial charge in [-0.15, -0.1) is 0 Å². The predicted molar refractivity (Wildman–Crippen MR) is 155 cm³/mol. The number of carbonyl (C=O) groups excluding carboxylic acids is 2. The minimum atomic E-state index is -4.07. The molecular formula is C30H26ClN3O5S. The Kier molecular flexibility index (Phi) is 8.98.